The topological polar surface area (TPSA) is 52.6 Å². The van der Waals surface area contributed by atoms with E-state index in [0.29, 0.717) is 31.4 Å². The molecule has 0 saturated carbocycles. The van der Waals surface area contributed by atoms with Crippen LogP contribution in [-0.4, -0.2) is 25.5 Å². The molecule has 2 aliphatic carbocycles. The van der Waals surface area contributed by atoms with E-state index in [-0.39, 0.29) is 11.8 Å². The third-order valence-electron chi connectivity index (χ3n) is 4.37. The van der Waals surface area contributed by atoms with Crippen molar-refractivity contribution < 1.29 is 19.1 Å². The molecule has 4 heteroatoms. The maximum Gasteiger partial charge on any atom is 0.333 e. The Labute approximate surface area is 123 Å². The zero-order valence-corrected chi connectivity index (χ0v) is 12.3. The Morgan fingerprint density at radius 3 is 2.86 bits per heavy atom. The summed E-state index contributed by atoms with van der Waals surface area (Å²) in [6.45, 7) is 2.14. The van der Waals surface area contributed by atoms with E-state index in [1.807, 2.05) is 24.3 Å². The Morgan fingerprint density at radius 2 is 2.14 bits per heavy atom. The smallest absolute Gasteiger partial charge is 0.333 e. The quantitative estimate of drug-likeness (QED) is 0.802. The first-order valence-corrected chi connectivity index (χ1v) is 7.17. The Bertz CT molecular complexity index is 644. The highest BCUT2D eigenvalue weighted by Gasteiger charge is 2.48. The lowest BCUT2D eigenvalue weighted by molar-refractivity contribution is -0.138. The average molecular weight is 286 g/mol. The van der Waals surface area contributed by atoms with Gasteiger partial charge in [0.05, 0.1) is 13.7 Å². The van der Waals surface area contributed by atoms with Gasteiger partial charge in [0.15, 0.2) is 5.78 Å². The lowest BCUT2D eigenvalue weighted by Gasteiger charge is -2.20. The number of ether oxygens (including phenoxy) is 2. The molecule has 4 nitrogen and oxygen atoms in total. The Hall–Kier alpha value is -2.10. The second-order valence-corrected chi connectivity index (χ2v) is 5.64. The SMILES string of the molecule is CCOC(=O)C1=CCC2(C1)Cc1cc(OC)ccc1C2=O. The summed E-state index contributed by atoms with van der Waals surface area (Å²) in [5.41, 5.74) is 1.91. The first-order valence-electron chi connectivity index (χ1n) is 7.17. The number of Topliss-reactive ketones (excluding diaryl/α,β-unsaturated/α-hetero) is 1. The number of hydrogen-bond acceptors (Lipinski definition) is 4. The van der Waals surface area contributed by atoms with Crippen molar-refractivity contribution in [3.8, 4) is 5.75 Å². The molecule has 1 aromatic rings. The normalized spacial score (nSPS) is 23.1. The molecule has 0 N–H and O–H groups in total. The van der Waals surface area contributed by atoms with Crippen LogP contribution in [0.5, 0.6) is 5.75 Å². The molecular formula is C17H18O4. The van der Waals surface area contributed by atoms with Gasteiger partial charge in [-0.25, -0.2) is 4.79 Å². The zero-order chi connectivity index (χ0) is 15.0. The fourth-order valence-corrected chi connectivity index (χ4v) is 3.31. The predicted octanol–water partition coefficient (Wildman–Crippen LogP) is 2.70. The number of rotatable bonds is 3. The van der Waals surface area contributed by atoms with Crippen LogP contribution < -0.4 is 4.74 Å². The molecule has 0 fully saturated rings. The van der Waals surface area contributed by atoms with Gasteiger partial charge in [0, 0.05) is 16.6 Å². The molecule has 3 rings (SSSR count). The summed E-state index contributed by atoms with van der Waals surface area (Å²) in [7, 11) is 1.62. The minimum atomic E-state index is -0.489. The molecular weight excluding hydrogens is 268 g/mol. The van der Waals surface area contributed by atoms with Crippen molar-refractivity contribution in [2.24, 2.45) is 5.41 Å². The molecule has 110 valence electrons. The monoisotopic (exact) mass is 286 g/mol. The van der Waals surface area contributed by atoms with Crippen LogP contribution in [0.1, 0.15) is 35.7 Å². The number of carbonyl (C=O) groups excluding carboxylic acids is 2. The van der Waals surface area contributed by atoms with Crippen LogP contribution in [0.25, 0.3) is 0 Å². The molecule has 0 bridgehead atoms. The fraction of sp³-hybridized carbons (Fsp3) is 0.412. The van der Waals surface area contributed by atoms with Gasteiger partial charge in [0.1, 0.15) is 5.75 Å². The zero-order valence-electron chi connectivity index (χ0n) is 12.3. The number of hydrogen-bond donors (Lipinski definition) is 0. The van der Waals surface area contributed by atoms with Crippen molar-refractivity contribution >= 4 is 11.8 Å². The highest BCUT2D eigenvalue weighted by atomic mass is 16.5. The second kappa shape index (κ2) is 5.02. The molecule has 1 unspecified atom stereocenters. The molecule has 21 heavy (non-hydrogen) atoms. The largest absolute Gasteiger partial charge is 0.497 e. The Balaban J connectivity index is 1.84. The van der Waals surface area contributed by atoms with E-state index < -0.39 is 5.41 Å². The predicted molar refractivity (Wildman–Crippen MR) is 77.4 cm³/mol. The van der Waals surface area contributed by atoms with E-state index in [2.05, 4.69) is 0 Å². The van der Waals surface area contributed by atoms with Gasteiger partial charge in [-0.15, -0.1) is 0 Å². The van der Waals surface area contributed by atoms with Crippen molar-refractivity contribution in [1.29, 1.82) is 0 Å². The van der Waals surface area contributed by atoms with Gasteiger partial charge in [-0.05, 0) is 49.9 Å². The number of allylic oxidation sites excluding steroid dienone is 1. The fourth-order valence-electron chi connectivity index (χ4n) is 3.31. The summed E-state index contributed by atoms with van der Waals surface area (Å²) < 4.78 is 10.3. The molecule has 0 radical (unpaired) electrons. The molecule has 1 spiro atoms. The molecule has 0 aromatic heterocycles. The van der Waals surface area contributed by atoms with E-state index in [1.165, 1.54) is 0 Å². The third-order valence-corrected chi connectivity index (χ3v) is 4.37. The third kappa shape index (κ3) is 2.15. The maximum atomic E-state index is 12.7. The number of fused-ring (bicyclic) bond motifs is 1. The summed E-state index contributed by atoms with van der Waals surface area (Å²) in [4.78, 5) is 24.6. The first kappa shape index (κ1) is 13.9. The highest BCUT2D eigenvalue weighted by molar-refractivity contribution is 6.07. The number of ketones is 1. The summed E-state index contributed by atoms with van der Waals surface area (Å²) in [6, 6.07) is 5.56. The number of esters is 1. The molecule has 1 atom stereocenters. The molecule has 0 heterocycles. The van der Waals surface area contributed by atoms with Gasteiger partial charge < -0.3 is 9.47 Å². The van der Waals surface area contributed by atoms with Crippen LogP contribution >= 0.6 is 0 Å². The van der Waals surface area contributed by atoms with Crippen LogP contribution in [0, 0.1) is 5.41 Å². The van der Waals surface area contributed by atoms with Crippen molar-refractivity contribution in [2.45, 2.75) is 26.2 Å². The van der Waals surface area contributed by atoms with Crippen LogP contribution in [0.15, 0.2) is 29.8 Å². The van der Waals surface area contributed by atoms with Crippen LogP contribution in [0.2, 0.25) is 0 Å². The van der Waals surface area contributed by atoms with E-state index >= 15 is 0 Å². The highest BCUT2D eigenvalue weighted by Crippen LogP contribution is 2.48. The molecule has 0 aliphatic heterocycles. The van der Waals surface area contributed by atoms with Crippen LogP contribution in [0.4, 0.5) is 0 Å². The van der Waals surface area contributed by atoms with E-state index in [0.717, 1.165) is 16.9 Å². The molecule has 1 aromatic carbocycles. The van der Waals surface area contributed by atoms with E-state index in [1.54, 1.807) is 14.0 Å². The molecule has 2 aliphatic rings. The van der Waals surface area contributed by atoms with Gasteiger partial charge in [-0.3, -0.25) is 4.79 Å². The standard InChI is InChI=1S/C17H18O4/c1-3-21-16(19)11-6-7-17(9-11)10-12-8-13(20-2)4-5-14(12)15(17)18/h4-6,8H,3,7,9-10H2,1-2H3. The Kier molecular flexibility index (Phi) is 3.32. The molecule has 0 saturated heterocycles. The lowest BCUT2D eigenvalue weighted by atomic mass is 9.80. The van der Waals surface area contributed by atoms with Gasteiger partial charge in [0.25, 0.3) is 0 Å². The first-order chi connectivity index (χ1) is 10.1. The van der Waals surface area contributed by atoms with Gasteiger partial charge in [0.2, 0.25) is 0 Å². The summed E-state index contributed by atoms with van der Waals surface area (Å²) in [6.07, 6.45) is 3.61. The summed E-state index contributed by atoms with van der Waals surface area (Å²) in [5.74, 6) is 0.599. The Morgan fingerprint density at radius 1 is 1.33 bits per heavy atom. The van der Waals surface area contributed by atoms with Gasteiger partial charge >= 0.3 is 5.97 Å². The number of benzene rings is 1. The maximum absolute atomic E-state index is 12.7. The van der Waals surface area contributed by atoms with Crippen LogP contribution in [0.3, 0.4) is 0 Å². The van der Waals surface area contributed by atoms with Crippen molar-refractivity contribution in [3.05, 3.63) is 41.0 Å². The number of carbonyl (C=O) groups is 2. The summed E-state index contributed by atoms with van der Waals surface area (Å²) >= 11 is 0. The lowest BCUT2D eigenvalue weighted by Crippen LogP contribution is -2.25. The number of methoxy groups -OCH3 is 1. The van der Waals surface area contributed by atoms with Crippen molar-refractivity contribution in [2.75, 3.05) is 13.7 Å². The van der Waals surface area contributed by atoms with E-state index in [9.17, 15) is 9.59 Å². The van der Waals surface area contributed by atoms with Gasteiger partial charge in [-0.2, -0.15) is 0 Å². The van der Waals surface area contributed by atoms with Crippen molar-refractivity contribution in [1.82, 2.24) is 0 Å². The minimum Gasteiger partial charge on any atom is -0.497 e. The van der Waals surface area contributed by atoms with Crippen molar-refractivity contribution in [3.63, 3.8) is 0 Å². The minimum absolute atomic E-state index is 0.135. The van der Waals surface area contributed by atoms with Crippen LogP contribution in [-0.2, 0) is 16.0 Å². The van der Waals surface area contributed by atoms with E-state index in [4.69, 9.17) is 9.47 Å². The second-order valence-electron chi connectivity index (χ2n) is 5.64. The molecule has 0 amide bonds. The summed E-state index contributed by atoms with van der Waals surface area (Å²) in [5, 5.41) is 0. The van der Waals surface area contributed by atoms with Gasteiger partial charge in [-0.1, -0.05) is 6.08 Å². The average Bonchev–Trinajstić information content (AvgIpc) is 3.02.